The zero-order valence-corrected chi connectivity index (χ0v) is 9.44. The minimum absolute atomic E-state index is 0.00578. The third-order valence-corrected chi connectivity index (χ3v) is 2.80. The van der Waals surface area contributed by atoms with Crippen LogP contribution in [0.4, 0.5) is 0 Å². The molecule has 0 saturated carbocycles. The molecule has 1 rings (SSSR count). The summed E-state index contributed by atoms with van der Waals surface area (Å²) in [4.78, 5) is 16.4. The van der Waals surface area contributed by atoms with E-state index < -0.39 is 0 Å². The predicted molar refractivity (Wildman–Crippen MR) is 57.2 cm³/mol. The number of thiazole rings is 1. The Morgan fingerprint density at radius 3 is 2.93 bits per heavy atom. The Hall–Kier alpha value is -0.940. The molecule has 0 aromatic carbocycles. The average molecular weight is 213 g/mol. The van der Waals surface area contributed by atoms with E-state index in [1.807, 2.05) is 20.0 Å². The quantitative estimate of drug-likeness (QED) is 0.773. The normalized spacial score (nSPS) is 12.5. The van der Waals surface area contributed by atoms with Gasteiger partial charge in [-0.3, -0.25) is 4.79 Å². The lowest BCUT2D eigenvalue weighted by atomic mass is 10.3. The summed E-state index contributed by atoms with van der Waals surface area (Å²) >= 11 is 1.64. The third-order valence-electron chi connectivity index (χ3n) is 1.89. The summed E-state index contributed by atoms with van der Waals surface area (Å²) < 4.78 is 0. The van der Waals surface area contributed by atoms with Crippen LogP contribution in [0.25, 0.3) is 0 Å². The van der Waals surface area contributed by atoms with Crippen LogP contribution in [0.1, 0.15) is 16.8 Å². The summed E-state index contributed by atoms with van der Waals surface area (Å²) in [7, 11) is 1.64. The molecule has 4 nitrogen and oxygen atoms in total. The SMILES string of the molecule is CNC(=O)[C@@H](C)NCc1cnc(C)s1. The summed E-state index contributed by atoms with van der Waals surface area (Å²) in [6.45, 7) is 4.50. The fourth-order valence-electron chi connectivity index (χ4n) is 1.05. The van der Waals surface area contributed by atoms with Gasteiger partial charge in [0.2, 0.25) is 5.91 Å². The van der Waals surface area contributed by atoms with E-state index in [0.29, 0.717) is 6.54 Å². The largest absolute Gasteiger partial charge is 0.358 e. The zero-order valence-electron chi connectivity index (χ0n) is 8.63. The topological polar surface area (TPSA) is 54.0 Å². The second kappa shape index (κ2) is 5.07. The highest BCUT2D eigenvalue weighted by Gasteiger charge is 2.09. The number of nitrogens with one attached hydrogen (secondary N) is 2. The Bertz CT molecular complexity index is 311. The molecule has 1 amide bonds. The van der Waals surface area contributed by atoms with E-state index >= 15 is 0 Å². The van der Waals surface area contributed by atoms with Gasteiger partial charge in [0, 0.05) is 24.7 Å². The van der Waals surface area contributed by atoms with Crippen molar-refractivity contribution in [2.24, 2.45) is 0 Å². The van der Waals surface area contributed by atoms with Gasteiger partial charge in [0.15, 0.2) is 0 Å². The van der Waals surface area contributed by atoms with Gasteiger partial charge in [-0.1, -0.05) is 0 Å². The number of likely N-dealkylation sites (N-methyl/N-ethyl adjacent to an activating group) is 1. The lowest BCUT2D eigenvalue weighted by molar-refractivity contribution is -0.122. The van der Waals surface area contributed by atoms with Crippen LogP contribution >= 0.6 is 11.3 Å². The molecule has 0 spiro atoms. The molecule has 0 radical (unpaired) electrons. The van der Waals surface area contributed by atoms with Gasteiger partial charge in [-0.05, 0) is 13.8 Å². The first-order valence-electron chi connectivity index (χ1n) is 4.49. The van der Waals surface area contributed by atoms with Crippen molar-refractivity contribution in [1.29, 1.82) is 0 Å². The van der Waals surface area contributed by atoms with Gasteiger partial charge < -0.3 is 10.6 Å². The highest BCUT2D eigenvalue weighted by molar-refractivity contribution is 7.11. The number of amides is 1. The number of hydrogen-bond donors (Lipinski definition) is 2. The van der Waals surface area contributed by atoms with Crippen molar-refractivity contribution in [1.82, 2.24) is 15.6 Å². The number of hydrogen-bond acceptors (Lipinski definition) is 4. The molecule has 1 aromatic heterocycles. The van der Waals surface area contributed by atoms with Crippen molar-refractivity contribution < 1.29 is 4.79 Å². The maximum Gasteiger partial charge on any atom is 0.236 e. The summed E-state index contributed by atoms with van der Waals surface area (Å²) in [5.74, 6) is 0.00578. The van der Waals surface area contributed by atoms with Crippen LogP contribution in [0.5, 0.6) is 0 Å². The first kappa shape index (κ1) is 11.1. The van der Waals surface area contributed by atoms with E-state index in [1.54, 1.807) is 18.4 Å². The number of rotatable bonds is 4. The Kier molecular flexibility index (Phi) is 4.03. The molecule has 5 heteroatoms. The maximum atomic E-state index is 11.2. The van der Waals surface area contributed by atoms with Crippen molar-refractivity contribution >= 4 is 17.2 Å². The van der Waals surface area contributed by atoms with Crippen LogP contribution in [-0.2, 0) is 11.3 Å². The summed E-state index contributed by atoms with van der Waals surface area (Å²) in [6, 6.07) is -0.164. The standard InChI is InChI=1S/C9H15N3OS/c1-6(9(13)10-3)11-4-8-5-12-7(2)14-8/h5-6,11H,4H2,1-3H3,(H,10,13)/t6-/m1/s1. The molecule has 0 unspecified atom stereocenters. The Morgan fingerprint density at radius 2 is 2.43 bits per heavy atom. The monoisotopic (exact) mass is 213 g/mol. The summed E-state index contributed by atoms with van der Waals surface area (Å²) in [6.07, 6.45) is 1.84. The molecule has 0 fully saturated rings. The molecule has 14 heavy (non-hydrogen) atoms. The van der Waals surface area contributed by atoms with Crippen LogP contribution in [0.15, 0.2) is 6.20 Å². The fourth-order valence-corrected chi connectivity index (χ4v) is 1.80. The predicted octanol–water partition coefficient (Wildman–Crippen LogP) is 0.676. The second-order valence-corrected chi connectivity index (χ2v) is 4.38. The number of nitrogens with zero attached hydrogens (tertiary/aromatic N) is 1. The van der Waals surface area contributed by atoms with Crippen molar-refractivity contribution in [2.75, 3.05) is 7.05 Å². The third kappa shape index (κ3) is 3.08. The van der Waals surface area contributed by atoms with Gasteiger partial charge in [0.1, 0.15) is 0 Å². The van der Waals surface area contributed by atoms with E-state index in [2.05, 4.69) is 15.6 Å². The molecule has 78 valence electrons. The van der Waals surface area contributed by atoms with Gasteiger partial charge in [0.05, 0.1) is 11.0 Å². The van der Waals surface area contributed by atoms with Crippen molar-refractivity contribution in [3.05, 3.63) is 16.1 Å². The van der Waals surface area contributed by atoms with Gasteiger partial charge in [-0.2, -0.15) is 0 Å². The highest BCUT2D eigenvalue weighted by atomic mass is 32.1. The van der Waals surface area contributed by atoms with E-state index in [4.69, 9.17) is 0 Å². The molecule has 0 aliphatic heterocycles. The number of carbonyl (C=O) groups excluding carboxylic acids is 1. The van der Waals surface area contributed by atoms with Crippen LogP contribution < -0.4 is 10.6 Å². The molecular formula is C9H15N3OS. The van der Waals surface area contributed by atoms with E-state index in [9.17, 15) is 4.79 Å². The first-order valence-corrected chi connectivity index (χ1v) is 5.31. The summed E-state index contributed by atoms with van der Waals surface area (Å²) in [5, 5.41) is 6.76. The van der Waals surface area contributed by atoms with E-state index in [-0.39, 0.29) is 11.9 Å². The Labute approximate surface area is 87.7 Å². The molecule has 2 N–H and O–H groups in total. The van der Waals surface area contributed by atoms with E-state index in [0.717, 1.165) is 9.88 Å². The number of aryl methyl sites for hydroxylation is 1. The molecular weight excluding hydrogens is 198 g/mol. The lowest BCUT2D eigenvalue weighted by Gasteiger charge is -2.10. The molecule has 0 aliphatic rings. The molecule has 1 aromatic rings. The van der Waals surface area contributed by atoms with E-state index in [1.165, 1.54) is 0 Å². The molecule has 1 atom stereocenters. The zero-order chi connectivity index (χ0) is 10.6. The number of aromatic nitrogens is 1. The van der Waals surface area contributed by atoms with Crippen LogP contribution in [-0.4, -0.2) is 24.0 Å². The van der Waals surface area contributed by atoms with Crippen LogP contribution in [0.2, 0.25) is 0 Å². The van der Waals surface area contributed by atoms with Crippen LogP contribution in [0.3, 0.4) is 0 Å². The summed E-state index contributed by atoms with van der Waals surface area (Å²) in [5.41, 5.74) is 0. The van der Waals surface area contributed by atoms with Crippen molar-refractivity contribution in [3.63, 3.8) is 0 Å². The Morgan fingerprint density at radius 1 is 1.71 bits per heavy atom. The molecule has 1 heterocycles. The molecule has 0 saturated heterocycles. The minimum Gasteiger partial charge on any atom is -0.358 e. The van der Waals surface area contributed by atoms with Crippen molar-refractivity contribution in [3.8, 4) is 0 Å². The van der Waals surface area contributed by atoms with Crippen molar-refractivity contribution in [2.45, 2.75) is 26.4 Å². The maximum absolute atomic E-state index is 11.2. The highest BCUT2D eigenvalue weighted by Crippen LogP contribution is 2.10. The number of carbonyl (C=O) groups is 1. The minimum atomic E-state index is -0.164. The lowest BCUT2D eigenvalue weighted by Crippen LogP contribution is -2.40. The van der Waals surface area contributed by atoms with Crippen LogP contribution in [0, 0.1) is 6.92 Å². The fraction of sp³-hybridized carbons (Fsp3) is 0.556. The average Bonchev–Trinajstić information content (AvgIpc) is 2.59. The van der Waals surface area contributed by atoms with Gasteiger partial charge in [-0.15, -0.1) is 11.3 Å². The van der Waals surface area contributed by atoms with Gasteiger partial charge in [-0.25, -0.2) is 4.98 Å². The van der Waals surface area contributed by atoms with Gasteiger partial charge in [0.25, 0.3) is 0 Å². The smallest absolute Gasteiger partial charge is 0.236 e. The second-order valence-electron chi connectivity index (χ2n) is 3.06. The Balaban J connectivity index is 2.37. The molecule has 0 aliphatic carbocycles. The molecule has 0 bridgehead atoms. The first-order chi connectivity index (χ1) is 6.63. The van der Waals surface area contributed by atoms with Gasteiger partial charge >= 0.3 is 0 Å².